The van der Waals surface area contributed by atoms with Crippen molar-refractivity contribution >= 4 is 10.9 Å². The Labute approximate surface area is 514 Å². The molecule has 0 fully saturated rings. The van der Waals surface area contributed by atoms with Crippen LogP contribution in [0.2, 0.25) is 0 Å². The van der Waals surface area contributed by atoms with Gasteiger partial charge in [-0.1, -0.05) is 270 Å². The molecule has 2 aliphatic rings. The Kier molecular flexibility index (Phi) is 12.5. The third-order valence-electron chi connectivity index (χ3n) is 18.5. The topological polar surface area (TPSA) is 51.6 Å². The summed E-state index contributed by atoms with van der Waals surface area (Å²) in [5.41, 5.74) is 30.5. The Morgan fingerprint density at radius 3 is 1.07 bits per heavy atom. The molecule has 0 aliphatic heterocycles. The summed E-state index contributed by atoms with van der Waals surface area (Å²) in [7, 11) is 0. The lowest BCUT2D eigenvalue weighted by Gasteiger charge is -2.23. The van der Waals surface area contributed by atoms with Crippen LogP contribution < -0.4 is 0 Å². The molecule has 0 saturated heterocycles. The highest BCUT2D eigenvalue weighted by molar-refractivity contribution is 6.05. The smallest absolute Gasteiger partial charge is 0.160 e. The van der Waals surface area contributed by atoms with Crippen LogP contribution in [0.5, 0.6) is 0 Å². The van der Waals surface area contributed by atoms with Crippen molar-refractivity contribution in [1.82, 2.24) is 19.9 Å². The first kappa shape index (κ1) is 52.6. The maximum Gasteiger partial charge on any atom is 0.160 e. The Morgan fingerprint density at radius 1 is 0.216 bits per heavy atom. The van der Waals surface area contributed by atoms with Gasteiger partial charge in [-0.2, -0.15) is 0 Å². The standard InChI is InChI=1S/C84H60N4/c1-83(2)72-31-19-17-29-66(72)68-43-41-61(47-74(68)83)63-45-70(62-42-44-69-67-30-18-20-32-73(67)84(3,4)75(69)48-62)81-71(46-63)80(59-37-35-58(36-38-59)79-50-64(53-21-9-5-10-22-53)49-76(86-79)55-23-11-6-12-24-55)87-82(88-81)60-39-33-54(34-40-60)65-51-77(56-25-13-7-14-26-56)85-78(52-65)57-27-15-8-16-28-57/h5-52H,1-4H3. The molecule has 0 spiro atoms. The molecule has 2 aliphatic carbocycles. The van der Waals surface area contributed by atoms with Crippen LogP contribution in [0.25, 0.3) is 145 Å². The van der Waals surface area contributed by atoms with Crippen LogP contribution in [0.15, 0.2) is 291 Å². The largest absolute Gasteiger partial charge is 0.248 e. The SMILES string of the molecule is CC1(C)c2ccccc2-c2ccc(-c3cc(-c4ccc5c(c4)C(C)(C)c4ccccc4-5)c4nc(-c5ccc(-c6cc(-c7ccccc7)nc(-c7ccccc7)c6)cc5)nc(-c5ccc(-c6cc(-c7ccccc7)cc(-c7ccccc7)n6)cc5)c4c3)cc21. The van der Waals surface area contributed by atoms with Crippen molar-refractivity contribution in [3.05, 3.63) is 313 Å². The zero-order valence-corrected chi connectivity index (χ0v) is 49.5. The number of hydrogen-bond acceptors (Lipinski definition) is 4. The number of aromatic nitrogens is 4. The van der Waals surface area contributed by atoms with E-state index in [0.29, 0.717) is 5.82 Å². The zero-order valence-electron chi connectivity index (χ0n) is 49.5. The van der Waals surface area contributed by atoms with Crippen LogP contribution >= 0.6 is 0 Å². The van der Waals surface area contributed by atoms with Gasteiger partial charge in [0.15, 0.2) is 5.82 Å². The molecule has 416 valence electrons. The summed E-state index contributed by atoms with van der Waals surface area (Å²) in [6, 6.07) is 105. The van der Waals surface area contributed by atoms with E-state index in [4.69, 9.17) is 19.9 Å². The minimum atomic E-state index is -0.208. The molecule has 0 unspecified atom stereocenters. The van der Waals surface area contributed by atoms with E-state index in [0.717, 1.165) is 117 Å². The van der Waals surface area contributed by atoms with Gasteiger partial charge in [0.1, 0.15) is 0 Å². The fourth-order valence-corrected chi connectivity index (χ4v) is 13.8. The van der Waals surface area contributed by atoms with Gasteiger partial charge in [0.2, 0.25) is 0 Å². The summed E-state index contributed by atoms with van der Waals surface area (Å²) in [6.07, 6.45) is 0. The minimum absolute atomic E-state index is 0.175. The van der Waals surface area contributed by atoms with Crippen molar-refractivity contribution in [1.29, 1.82) is 0 Å². The van der Waals surface area contributed by atoms with Gasteiger partial charge < -0.3 is 0 Å². The highest BCUT2D eigenvalue weighted by Crippen LogP contribution is 2.52. The molecule has 11 aromatic carbocycles. The van der Waals surface area contributed by atoms with Crippen LogP contribution in [0.3, 0.4) is 0 Å². The van der Waals surface area contributed by atoms with Crippen LogP contribution in [0.4, 0.5) is 0 Å². The van der Waals surface area contributed by atoms with E-state index in [1.807, 2.05) is 12.1 Å². The molecule has 0 bridgehead atoms. The molecule has 3 heterocycles. The Morgan fingerprint density at radius 2 is 0.568 bits per heavy atom. The summed E-state index contributed by atoms with van der Waals surface area (Å²) in [5.74, 6) is 0.646. The van der Waals surface area contributed by atoms with Crippen LogP contribution in [0, 0.1) is 0 Å². The molecular weight excluding hydrogens is 1060 g/mol. The summed E-state index contributed by atoms with van der Waals surface area (Å²) >= 11 is 0. The first-order chi connectivity index (χ1) is 43.1. The van der Waals surface area contributed by atoms with E-state index in [9.17, 15) is 0 Å². The molecule has 0 saturated carbocycles. The Hall–Kier alpha value is -10.9. The number of benzene rings is 11. The average Bonchev–Trinajstić information content (AvgIpc) is 1.56. The minimum Gasteiger partial charge on any atom is -0.248 e. The molecule has 0 radical (unpaired) electrons. The van der Waals surface area contributed by atoms with Gasteiger partial charge in [-0.25, -0.2) is 19.9 Å². The zero-order chi connectivity index (χ0) is 59.1. The van der Waals surface area contributed by atoms with E-state index in [-0.39, 0.29) is 10.8 Å². The summed E-state index contributed by atoms with van der Waals surface area (Å²) in [4.78, 5) is 22.0. The second-order valence-corrected chi connectivity index (χ2v) is 24.5. The summed E-state index contributed by atoms with van der Waals surface area (Å²) in [6.45, 7) is 9.44. The van der Waals surface area contributed by atoms with Gasteiger partial charge in [0.05, 0.1) is 34.0 Å². The monoisotopic (exact) mass is 1120 g/mol. The molecule has 14 aromatic rings. The number of hydrogen-bond donors (Lipinski definition) is 0. The van der Waals surface area contributed by atoms with Gasteiger partial charge >= 0.3 is 0 Å². The molecule has 0 N–H and O–H groups in total. The fraction of sp³-hybridized carbons (Fsp3) is 0.0714. The van der Waals surface area contributed by atoms with Crippen molar-refractivity contribution in [3.8, 4) is 134 Å². The molecule has 4 heteroatoms. The van der Waals surface area contributed by atoms with Crippen LogP contribution in [0.1, 0.15) is 49.9 Å². The average molecular weight is 1130 g/mol. The normalized spacial score (nSPS) is 13.2. The summed E-state index contributed by atoms with van der Waals surface area (Å²) in [5, 5.41) is 0.973. The van der Waals surface area contributed by atoms with E-state index >= 15 is 0 Å². The van der Waals surface area contributed by atoms with Crippen LogP contribution in [-0.4, -0.2) is 19.9 Å². The molecule has 16 rings (SSSR count). The lowest BCUT2D eigenvalue weighted by molar-refractivity contribution is 0.660. The van der Waals surface area contributed by atoms with Crippen LogP contribution in [-0.2, 0) is 10.8 Å². The van der Waals surface area contributed by atoms with E-state index in [1.165, 1.54) is 44.5 Å². The van der Waals surface area contributed by atoms with Crippen molar-refractivity contribution in [3.63, 3.8) is 0 Å². The highest BCUT2D eigenvalue weighted by Gasteiger charge is 2.37. The van der Waals surface area contributed by atoms with Crippen molar-refractivity contribution in [2.75, 3.05) is 0 Å². The number of fused-ring (bicyclic) bond motifs is 7. The number of pyridine rings is 2. The predicted molar refractivity (Wildman–Crippen MR) is 365 cm³/mol. The molecule has 4 nitrogen and oxygen atoms in total. The Bertz CT molecular complexity index is 4920. The van der Waals surface area contributed by atoms with Crippen molar-refractivity contribution in [2.45, 2.75) is 38.5 Å². The number of rotatable bonds is 10. The first-order valence-electron chi connectivity index (χ1n) is 30.4. The molecule has 0 atom stereocenters. The third-order valence-corrected chi connectivity index (χ3v) is 18.5. The van der Waals surface area contributed by atoms with Crippen molar-refractivity contribution < 1.29 is 0 Å². The first-order valence-corrected chi connectivity index (χ1v) is 30.4. The molecule has 0 amide bonds. The van der Waals surface area contributed by atoms with E-state index < -0.39 is 0 Å². The molecular formula is C84H60N4. The van der Waals surface area contributed by atoms with Gasteiger partial charge in [0, 0.05) is 55.2 Å². The predicted octanol–water partition coefficient (Wildman–Crippen LogP) is 21.7. The van der Waals surface area contributed by atoms with Gasteiger partial charge in [-0.3, -0.25) is 0 Å². The number of nitrogens with zero attached hydrogens (tertiary/aromatic N) is 4. The second-order valence-electron chi connectivity index (χ2n) is 24.5. The maximum absolute atomic E-state index is 5.74. The van der Waals surface area contributed by atoms with E-state index in [2.05, 4.69) is 307 Å². The lowest BCUT2D eigenvalue weighted by Crippen LogP contribution is -2.15. The second kappa shape index (κ2) is 20.9. The summed E-state index contributed by atoms with van der Waals surface area (Å²) < 4.78 is 0. The molecule has 3 aromatic heterocycles. The highest BCUT2D eigenvalue weighted by atomic mass is 14.9. The fourth-order valence-electron chi connectivity index (χ4n) is 13.8. The van der Waals surface area contributed by atoms with Gasteiger partial charge in [0.25, 0.3) is 0 Å². The maximum atomic E-state index is 5.74. The van der Waals surface area contributed by atoms with E-state index in [1.54, 1.807) is 0 Å². The Balaban J connectivity index is 0.900. The third kappa shape index (κ3) is 9.07. The van der Waals surface area contributed by atoms with Gasteiger partial charge in [-0.05, 0) is 132 Å². The van der Waals surface area contributed by atoms with Gasteiger partial charge in [-0.15, -0.1) is 0 Å². The van der Waals surface area contributed by atoms with Crippen molar-refractivity contribution in [2.24, 2.45) is 0 Å². The molecule has 88 heavy (non-hydrogen) atoms. The quantitative estimate of drug-likeness (QED) is 0.137. The lowest BCUT2D eigenvalue weighted by atomic mass is 9.81.